The molecular weight excluding hydrogens is 1610 g/mol. The van der Waals surface area contributed by atoms with Gasteiger partial charge < -0.3 is 29.4 Å². The van der Waals surface area contributed by atoms with Gasteiger partial charge in [-0.25, -0.2) is 0 Å². The molecule has 0 heterocycles. The molecule has 634 valence electrons. The second kappa shape index (κ2) is 39.6. The van der Waals surface area contributed by atoms with Gasteiger partial charge in [-0.1, -0.05) is 328 Å². The number of hydrogen-bond acceptors (Lipinski definition) is 8. The molecule has 0 aromatic heterocycles. The lowest BCUT2D eigenvalue weighted by molar-refractivity contribution is 1.21. The van der Waals surface area contributed by atoms with Crippen molar-refractivity contribution in [3.8, 4) is 78.9 Å². The van der Waals surface area contributed by atoms with Gasteiger partial charge in [-0.3, -0.25) is 0 Å². The van der Waals surface area contributed by atoms with Gasteiger partial charge in [0.1, 0.15) is 0 Å². The summed E-state index contributed by atoms with van der Waals surface area (Å²) in [7, 11) is 6.17. The second-order valence-electron chi connectivity index (χ2n) is 32.9. The normalized spacial score (nSPS) is 10.8. The highest BCUT2D eigenvalue weighted by Gasteiger charge is 2.22. The van der Waals surface area contributed by atoms with Crippen LogP contribution in [0.3, 0.4) is 0 Å². The van der Waals surface area contributed by atoms with Crippen LogP contribution in [0.2, 0.25) is 0 Å². The fourth-order valence-electron chi connectivity index (χ4n) is 17.5. The standard InChI is InChI=1S/2C42H31N3.C41H32N2/c1-44(39-16-7-10-31(28-39)30-43)37-24-20-33(21-25-37)34-22-26-38(27-23-34)45(42-19-9-14-35-13-5-6-18-41(35)42)40-17-8-15-36(29-40)32-11-3-2-4-12-32;1-44(37-23-17-31(30-43)18-24-37)38-25-19-33(20-26-38)34-21-27-39(28-22-34)45(42-16-8-12-35-11-5-6-15-41(35)42)40-14-7-13-36(29-40)32-9-3-2-4-10-32;1-42(37-14-6-3-7-15-37)38-23-16-34(17-24-38)35-20-27-40(28-21-35)43(41-29-22-32-12-8-9-13-36(32)30-41)39-25-18-33(19-26-39)31-10-4-2-5-11-31/h2*2-29H,1H3;2-30H,1H3. The molecule has 8 heteroatoms. The average molecular weight is 1710 g/mol. The van der Waals surface area contributed by atoms with Crippen molar-refractivity contribution in [3.05, 3.63) is 527 Å². The fourth-order valence-corrected chi connectivity index (χ4v) is 17.5. The zero-order valence-corrected chi connectivity index (χ0v) is 74.2. The summed E-state index contributed by atoms with van der Waals surface area (Å²) in [6.45, 7) is 0. The minimum absolute atomic E-state index is 0.653. The Labute approximate surface area is 779 Å². The minimum Gasteiger partial charge on any atom is -0.345 e. The molecule has 0 saturated carbocycles. The van der Waals surface area contributed by atoms with Gasteiger partial charge in [-0.15, -0.1) is 0 Å². The molecule has 0 fully saturated rings. The zero-order chi connectivity index (χ0) is 90.2. The SMILES string of the molecule is CN(c1ccc(-c2ccc(N(c3cccc(-c4ccccc4)c3)c3cccc4ccccc34)cc2)cc1)c1cccc(C#N)c1.CN(c1ccc(C#N)cc1)c1ccc(-c2ccc(N(c3cccc(-c4ccccc4)c3)c3cccc4ccccc34)cc2)cc1.CN(c1ccccc1)c1ccc(-c2ccc(N(c3ccc(-c4ccccc4)cc3)c3ccc4ccccc4c3)cc2)cc1. The van der Waals surface area contributed by atoms with Crippen LogP contribution in [0.1, 0.15) is 11.1 Å². The number of anilines is 15. The maximum absolute atomic E-state index is 9.29. The Morgan fingerprint density at radius 2 is 0.398 bits per heavy atom. The molecular formula is C125H94N8. The van der Waals surface area contributed by atoms with Crippen molar-refractivity contribution in [1.29, 1.82) is 10.5 Å². The largest absolute Gasteiger partial charge is 0.345 e. The van der Waals surface area contributed by atoms with Crippen molar-refractivity contribution in [2.45, 2.75) is 0 Å². The van der Waals surface area contributed by atoms with E-state index < -0.39 is 0 Å². The highest BCUT2D eigenvalue weighted by atomic mass is 15.2. The van der Waals surface area contributed by atoms with Gasteiger partial charge in [0.25, 0.3) is 0 Å². The number of nitriles is 2. The molecule has 0 spiro atoms. The molecule has 8 nitrogen and oxygen atoms in total. The van der Waals surface area contributed by atoms with Gasteiger partial charge in [0.2, 0.25) is 0 Å². The quantitative estimate of drug-likeness (QED) is 0.0705. The van der Waals surface area contributed by atoms with Crippen LogP contribution in [0.15, 0.2) is 516 Å². The van der Waals surface area contributed by atoms with E-state index in [-0.39, 0.29) is 0 Å². The maximum atomic E-state index is 9.29. The van der Waals surface area contributed by atoms with E-state index >= 15 is 0 Å². The first-order valence-corrected chi connectivity index (χ1v) is 44.8. The Balaban J connectivity index is 0.000000129. The van der Waals surface area contributed by atoms with E-state index in [1.807, 2.05) is 68.7 Å². The molecule has 0 N–H and O–H groups in total. The molecule has 21 aromatic carbocycles. The molecule has 0 amide bonds. The topological polar surface area (TPSA) is 67.0 Å². The van der Waals surface area contributed by atoms with Gasteiger partial charge >= 0.3 is 0 Å². The summed E-state index contributed by atoms with van der Waals surface area (Å²) in [5.41, 5.74) is 32.0. The van der Waals surface area contributed by atoms with Crippen molar-refractivity contribution in [2.75, 3.05) is 50.5 Å². The Hall–Kier alpha value is -17.8. The van der Waals surface area contributed by atoms with Crippen molar-refractivity contribution >= 4 is 118 Å². The number of benzene rings is 21. The summed E-state index contributed by atoms with van der Waals surface area (Å²) >= 11 is 0. The van der Waals surface area contributed by atoms with E-state index in [0.29, 0.717) is 11.1 Å². The lowest BCUT2D eigenvalue weighted by Gasteiger charge is -2.27. The molecule has 0 aliphatic carbocycles. The molecule has 0 unspecified atom stereocenters. The van der Waals surface area contributed by atoms with Crippen LogP contribution < -0.4 is 29.4 Å². The van der Waals surface area contributed by atoms with Gasteiger partial charge in [-0.05, 0) is 276 Å². The summed E-state index contributed by atoms with van der Waals surface area (Å²) < 4.78 is 0. The van der Waals surface area contributed by atoms with E-state index in [2.05, 4.69) is 510 Å². The minimum atomic E-state index is 0.653. The summed E-state index contributed by atoms with van der Waals surface area (Å²) in [5, 5.41) is 25.7. The Morgan fingerprint density at radius 3 is 0.789 bits per heavy atom. The van der Waals surface area contributed by atoms with Crippen molar-refractivity contribution < 1.29 is 0 Å². The molecule has 0 atom stereocenters. The highest BCUT2D eigenvalue weighted by molar-refractivity contribution is 6.01. The third-order valence-electron chi connectivity index (χ3n) is 24.7. The number of fused-ring (bicyclic) bond motifs is 3. The fraction of sp³-hybridized carbons (Fsp3) is 0.0240. The van der Waals surface area contributed by atoms with E-state index in [9.17, 15) is 5.26 Å². The summed E-state index contributed by atoms with van der Waals surface area (Å²) in [4.78, 5) is 13.5. The van der Waals surface area contributed by atoms with Crippen LogP contribution >= 0.6 is 0 Å². The van der Waals surface area contributed by atoms with E-state index in [1.54, 1.807) is 0 Å². The molecule has 0 aliphatic heterocycles. The van der Waals surface area contributed by atoms with Crippen molar-refractivity contribution in [2.24, 2.45) is 0 Å². The Kier molecular flexibility index (Phi) is 25.2. The Bertz CT molecular complexity index is 7630. The third kappa shape index (κ3) is 19.1. The monoisotopic (exact) mass is 1710 g/mol. The zero-order valence-electron chi connectivity index (χ0n) is 74.2. The van der Waals surface area contributed by atoms with Crippen LogP contribution in [-0.2, 0) is 0 Å². The number of rotatable bonds is 21. The van der Waals surface area contributed by atoms with Gasteiger partial charge in [0.05, 0.1) is 34.6 Å². The van der Waals surface area contributed by atoms with E-state index in [4.69, 9.17) is 5.26 Å². The summed E-state index contributed by atoms with van der Waals surface area (Å²) in [6.07, 6.45) is 0. The predicted octanol–water partition coefficient (Wildman–Crippen LogP) is 34.0. The first kappa shape index (κ1) is 84.7. The highest BCUT2D eigenvalue weighted by Crippen LogP contribution is 2.46. The molecule has 133 heavy (non-hydrogen) atoms. The third-order valence-corrected chi connectivity index (χ3v) is 24.7. The molecule has 0 saturated heterocycles. The van der Waals surface area contributed by atoms with Crippen LogP contribution in [0.25, 0.3) is 99.1 Å². The van der Waals surface area contributed by atoms with Crippen molar-refractivity contribution in [3.63, 3.8) is 0 Å². The molecule has 21 rings (SSSR count). The van der Waals surface area contributed by atoms with E-state index in [1.165, 1.54) is 82.5 Å². The number of nitrogens with zero attached hydrogens (tertiary/aromatic N) is 8. The lowest BCUT2D eigenvalue weighted by Crippen LogP contribution is -2.10. The molecule has 21 aromatic rings. The second-order valence-corrected chi connectivity index (χ2v) is 32.9. The van der Waals surface area contributed by atoms with Crippen LogP contribution in [-0.4, -0.2) is 21.1 Å². The summed E-state index contributed by atoms with van der Waals surface area (Å²) in [5.74, 6) is 0. The molecule has 0 bridgehead atoms. The van der Waals surface area contributed by atoms with Crippen LogP contribution in [0, 0.1) is 22.7 Å². The number of para-hydroxylation sites is 1. The smallest absolute Gasteiger partial charge is 0.0992 e. The van der Waals surface area contributed by atoms with Gasteiger partial charge in [0.15, 0.2) is 0 Å². The summed E-state index contributed by atoms with van der Waals surface area (Å²) in [6, 6.07) is 186. The first-order chi connectivity index (χ1) is 65.6. The molecule has 0 radical (unpaired) electrons. The predicted molar refractivity (Wildman–Crippen MR) is 561 cm³/mol. The van der Waals surface area contributed by atoms with Crippen LogP contribution in [0.4, 0.5) is 85.3 Å². The number of hydrogen-bond donors (Lipinski definition) is 0. The lowest BCUT2D eigenvalue weighted by atomic mass is 10.0. The van der Waals surface area contributed by atoms with Crippen molar-refractivity contribution in [1.82, 2.24) is 0 Å². The van der Waals surface area contributed by atoms with Crippen LogP contribution in [0.5, 0.6) is 0 Å². The Morgan fingerprint density at radius 1 is 0.150 bits per heavy atom. The van der Waals surface area contributed by atoms with Gasteiger partial charge in [-0.2, -0.15) is 10.5 Å². The maximum Gasteiger partial charge on any atom is 0.0992 e. The van der Waals surface area contributed by atoms with Gasteiger partial charge in [0, 0.05) is 106 Å². The first-order valence-electron chi connectivity index (χ1n) is 44.8. The van der Waals surface area contributed by atoms with E-state index in [0.717, 1.165) is 102 Å². The molecule has 0 aliphatic rings. The average Bonchev–Trinajstić information content (AvgIpc) is 0.785.